The highest BCUT2D eigenvalue weighted by atomic mass is 32.2. The Balaban J connectivity index is 1.87. The first-order valence-electron chi connectivity index (χ1n) is 7.19. The van der Waals surface area contributed by atoms with Crippen molar-refractivity contribution in [2.45, 2.75) is 11.4 Å². The summed E-state index contributed by atoms with van der Waals surface area (Å²) in [7, 11) is 0. The molecule has 0 fully saturated rings. The van der Waals surface area contributed by atoms with E-state index in [0.717, 1.165) is 9.46 Å². The monoisotopic (exact) mass is 359 g/mol. The normalized spacial score (nSPS) is 10.8. The Morgan fingerprint density at radius 2 is 2.12 bits per heavy atom. The third-order valence-corrected chi connectivity index (χ3v) is 4.24. The summed E-state index contributed by atoms with van der Waals surface area (Å²) in [6.45, 7) is -0.309. The van der Waals surface area contributed by atoms with E-state index in [1.54, 1.807) is 6.07 Å². The van der Waals surface area contributed by atoms with Crippen molar-refractivity contribution in [2.75, 3.05) is 11.6 Å². The number of rotatable bonds is 5. The van der Waals surface area contributed by atoms with Crippen molar-refractivity contribution in [3.05, 3.63) is 63.1 Å². The molecule has 1 aromatic heterocycles. The SMILES string of the molecule is CSc1cccc(NC(=O)Cn2c(=O)oc3ccc([N+](=O)[O-])cc32)c1. The average molecular weight is 359 g/mol. The molecule has 0 saturated heterocycles. The van der Waals surface area contributed by atoms with Crippen LogP contribution in [0.4, 0.5) is 11.4 Å². The van der Waals surface area contributed by atoms with Gasteiger partial charge in [-0.15, -0.1) is 11.8 Å². The molecular weight excluding hydrogens is 346 g/mol. The Morgan fingerprint density at radius 1 is 1.32 bits per heavy atom. The van der Waals surface area contributed by atoms with Gasteiger partial charge in [0, 0.05) is 22.7 Å². The second-order valence-corrected chi connectivity index (χ2v) is 6.02. The van der Waals surface area contributed by atoms with Crippen molar-refractivity contribution in [3.8, 4) is 0 Å². The van der Waals surface area contributed by atoms with Crippen LogP contribution in [0.1, 0.15) is 0 Å². The number of fused-ring (bicyclic) bond motifs is 1. The molecule has 1 N–H and O–H groups in total. The number of amides is 1. The molecule has 0 aliphatic rings. The van der Waals surface area contributed by atoms with Gasteiger partial charge in [-0.2, -0.15) is 0 Å². The molecule has 0 aliphatic heterocycles. The molecular formula is C16H13N3O5S. The minimum absolute atomic E-state index is 0.185. The number of nitro groups is 1. The Kier molecular flexibility index (Phi) is 4.57. The van der Waals surface area contributed by atoms with Gasteiger partial charge in [0.25, 0.3) is 5.69 Å². The molecule has 2 aromatic carbocycles. The molecule has 0 aliphatic carbocycles. The first-order valence-corrected chi connectivity index (χ1v) is 8.42. The van der Waals surface area contributed by atoms with Crippen molar-refractivity contribution >= 4 is 40.1 Å². The number of anilines is 1. The summed E-state index contributed by atoms with van der Waals surface area (Å²) in [5.41, 5.74) is 0.804. The number of oxazole rings is 1. The van der Waals surface area contributed by atoms with E-state index in [4.69, 9.17) is 4.42 Å². The predicted molar refractivity (Wildman–Crippen MR) is 94.0 cm³/mol. The van der Waals surface area contributed by atoms with Gasteiger partial charge in [0.1, 0.15) is 6.54 Å². The minimum Gasteiger partial charge on any atom is -0.408 e. The molecule has 3 rings (SSSR count). The van der Waals surface area contributed by atoms with Crippen LogP contribution < -0.4 is 11.1 Å². The molecule has 1 heterocycles. The van der Waals surface area contributed by atoms with Crippen LogP contribution in [0.3, 0.4) is 0 Å². The predicted octanol–water partition coefficient (Wildman–Crippen LogP) is 2.86. The molecule has 3 aromatic rings. The summed E-state index contributed by atoms with van der Waals surface area (Å²) >= 11 is 1.54. The van der Waals surface area contributed by atoms with Crippen LogP contribution in [0, 0.1) is 10.1 Å². The summed E-state index contributed by atoms with van der Waals surface area (Å²) in [4.78, 5) is 35.5. The molecule has 25 heavy (non-hydrogen) atoms. The third kappa shape index (κ3) is 3.56. The van der Waals surface area contributed by atoms with Crippen molar-refractivity contribution in [1.82, 2.24) is 4.57 Å². The number of hydrogen-bond acceptors (Lipinski definition) is 6. The van der Waals surface area contributed by atoms with Crippen molar-refractivity contribution < 1.29 is 14.1 Å². The highest BCUT2D eigenvalue weighted by Gasteiger charge is 2.16. The molecule has 9 heteroatoms. The smallest absolute Gasteiger partial charge is 0.408 e. The van der Waals surface area contributed by atoms with E-state index in [1.807, 2.05) is 24.5 Å². The second-order valence-electron chi connectivity index (χ2n) is 5.14. The number of thioether (sulfide) groups is 1. The molecule has 0 bridgehead atoms. The third-order valence-electron chi connectivity index (χ3n) is 3.52. The Bertz CT molecular complexity index is 1020. The lowest BCUT2D eigenvalue weighted by Crippen LogP contribution is -2.24. The molecule has 8 nitrogen and oxygen atoms in total. The van der Waals surface area contributed by atoms with Crippen molar-refractivity contribution in [1.29, 1.82) is 0 Å². The molecule has 1 amide bonds. The van der Waals surface area contributed by atoms with Gasteiger partial charge in [-0.3, -0.25) is 19.5 Å². The highest BCUT2D eigenvalue weighted by molar-refractivity contribution is 7.98. The standard InChI is InChI=1S/C16H13N3O5S/c1-25-12-4-2-3-10(7-12)17-15(20)9-18-13-8-11(19(22)23)5-6-14(13)24-16(18)21/h2-8H,9H2,1H3,(H,17,20). The number of nitro benzene ring substituents is 1. The number of nitrogens with zero attached hydrogens (tertiary/aromatic N) is 2. The van der Waals surface area contributed by atoms with E-state index in [1.165, 1.54) is 30.0 Å². The summed E-state index contributed by atoms with van der Waals surface area (Å²) in [5, 5.41) is 13.6. The van der Waals surface area contributed by atoms with E-state index in [9.17, 15) is 19.7 Å². The zero-order valence-corrected chi connectivity index (χ0v) is 13.9. The molecule has 0 saturated carbocycles. The van der Waals surface area contributed by atoms with Gasteiger partial charge >= 0.3 is 5.76 Å². The van der Waals surface area contributed by atoms with Gasteiger partial charge < -0.3 is 9.73 Å². The van der Waals surface area contributed by atoms with Crippen LogP contribution >= 0.6 is 11.8 Å². The molecule has 128 valence electrons. The molecule has 0 atom stereocenters. The van der Waals surface area contributed by atoms with E-state index in [-0.39, 0.29) is 23.3 Å². The van der Waals surface area contributed by atoms with Gasteiger partial charge in [0.05, 0.1) is 10.4 Å². The first-order chi connectivity index (χ1) is 12.0. The summed E-state index contributed by atoms with van der Waals surface area (Å²) in [5.74, 6) is -1.18. The maximum absolute atomic E-state index is 12.2. The quantitative estimate of drug-likeness (QED) is 0.426. The van der Waals surface area contributed by atoms with Crippen LogP contribution in [0.5, 0.6) is 0 Å². The van der Waals surface area contributed by atoms with Crippen molar-refractivity contribution in [2.24, 2.45) is 0 Å². The fraction of sp³-hybridized carbons (Fsp3) is 0.125. The van der Waals surface area contributed by atoms with E-state index < -0.39 is 16.6 Å². The van der Waals surface area contributed by atoms with Gasteiger partial charge in [-0.1, -0.05) is 6.07 Å². The number of non-ortho nitro benzene ring substituents is 1. The van der Waals surface area contributed by atoms with Crippen molar-refractivity contribution in [3.63, 3.8) is 0 Å². The van der Waals surface area contributed by atoms with Crippen LogP contribution in [-0.2, 0) is 11.3 Å². The topological polar surface area (TPSA) is 107 Å². The van der Waals surface area contributed by atoms with E-state index in [2.05, 4.69) is 5.32 Å². The number of aromatic nitrogens is 1. The fourth-order valence-corrected chi connectivity index (χ4v) is 2.82. The molecule has 0 radical (unpaired) electrons. The lowest BCUT2D eigenvalue weighted by molar-refractivity contribution is -0.384. The van der Waals surface area contributed by atoms with Gasteiger partial charge in [-0.05, 0) is 30.5 Å². The summed E-state index contributed by atoms with van der Waals surface area (Å²) < 4.78 is 6.09. The van der Waals surface area contributed by atoms with Crippen LogP contribution in [0.2, 0.25) is 0 Å². The number of carbonyl (C=O) groups is 1. The summed E-state index contributed by atoms with van der Waals surface area (Å²) in [6, 6.07) is 11.1. The first kappa shape index (κ1) is 16.8. The maximum atomic E-state index is 12.2. The average Bonchev–Trinajstić information content (AvgIpc) is 2.89. The second kappa shape index (κ2) is 6.81. The Labute approximate surface area is 145 Å². The minimum atomic E-state index is -0.747. The Hall–Kier alpha value is -3.07. The zero-order chi connectivity index (χ0) is 18.0. The van der Waals surface area contributed by atoms with Crippen LogP contribution in [0.25, 0.3) is 11.1 Å². The summed E-state index contributed by atoms with van der Waals surface area (Å²) in [6.07, 6.45) is 1.92. The molecule has 0 spiro atoms. The fourth-order valence-electron chi connectivity index (χ4n) is 2.36. The molecule has 0 unspecified atom stereocenters. The van der Waals surface area contributed by atoms with Gasteiger partial charge in [-0.25, -0.2) is 4.79 Å². The van der Waals surface area contributed by atoms with E-state index >= 15 is 0 Å². The zero-order valence-electron chi connectivity index (χ0n) is 13.1. The number of benzene rings is 2. The number of hydrogen-bond donors (Lipinski definition) is 1. The maximum Gasteiger partial charge on any atom is 0.420 e. The Morgan fingerprint density at radius 3 is 2.84 bits per heavy atom. The number of nitrogens with one attached hydrogen (secondary N) is 1. The van der Waals surface area contributed by atoms with Crippen LogP contribution in [-0.4, -0.2) is 21.7 Å². The van der Waals surface area contributed by atoms with Gasteiger partial charge in [0.15, 0.2) is 5.58 Å². The highest BCUT2D eigenvalue weighted by Crippen LogP contribution is 2.21. The lowest BCUT2D eigenvalue weighted by atomic mass is 10.3. The van der Waals surface area contributed by atoms with Gasteiger partial charge in [0.2, 0.25) is 5.91 Å². The lowest BCUT2D eigenvalue weighted by Gasteiger charge is -2.07. The van der Waals surface area contributed by atoms with E-state index in [0.29, 0.717) is 5.69 Å². The number of carbonyl (C=O) groups excluding carboxylic acids is 1. The largest absolute Gasteiger partial charge is 0.420 e. The van der Waals surface area contributed by atoms with Crippen LogP contribution in [0.15, 0.2) is 56.6 Å².